The molecule has 0 aliphatic carbocycles. The van der Waals surface area contributed by atoms with Crippen LogP contribution in [0.5, 0.6) is 0 Å². The molecule has 0 atom stereocenters. The molecular formula is C12H14FN3O. The van der Waals surface area contributed by atoms with Crippen molar-refractivity contribution in [2.75, 3.05) is 5.73 Å². The van der Waals surface area contributed by atoms with E-state index in [1.54, 1.807) is 6.07 Å². The number of nitrogens with two attached hydrogens (primary N) is 1. The van der Waals surface area contributed by atoms with Crippen molar-refractivity contribution in [3.8, 4) is 11.5 Å². The molecular weight excluding hydrogens is 221 g/mol. The van der Waals surface area contributed by atoms with E-state index in [4.69, 9.17) is 10.3 Å². The molecule has 0 aliphatic rings. The maximum Gasteiger partial charge on any atom is 0.257 e. The fourth-order valence-corrected chi connectivity index (χ4v) is 1.48. The van der Waals surface area contributed by atoms with Crippen molar-refractivity contribution in [3.05, 3.63) is 29.8 Å². The summed E-state index contributed by atoms with van der Waals surface area (Å²) in [6, 6.07) is 4.36. The molecule has 4 nitrogen and oxygen atoms in total. The van der Waals surface area contributed by atoms with Gasteiger partial charge in [-0.05, 0) is 24.6 Å². The predicted octanol–water partition coefficient (Wildman–Crippen LogP) is 2.80. The molecule has 17 heavy (non-hydrogen) atoms. The highest BCUT2D eigenvalue weighted by atomic mass is 19.1. The number of unbranched alkanes of at least 4 members (excludes halogenated alkanes) is 1. The molecule has 0 amide bonds. The molecule has 0 saturated heterocycles. The quantitative estimate of drug-likeness (QED) is 0.827. The van der Waals surface area contributed by atoms with Crippen LogP contribution in [0.3, 0.4) is 0 Å². The van der Waals surface area contributed by atoms with Crippen molar-refractivity contribution in [2.45, 2.75) is 26.2 Å². The van der Waals surface area contributed by atoms with E-state index in [2.05, 4.69) is 17.1 Å². The van der Waals surface area contributed by atoms with Gasteiger partial charge in [-0.3, -0.25) is 0 Å². The van der Waals surface area contributed by atoms with E-state index in [9.17, 15) is 4.39 Å². The van der Waals surface area contributed by atoms with Crippen molar-refractivity contribution in [3.63, 3.8) is 0 Å². The van der Waals surface area contributed by atoms with Crippen LogP contribution in [0.15, 0.2) is 22.7 Å². The fraction of sp³-hybridized carbons (Fsp3) is 0.333. The molecule has 1 heterocycles. The summed E-state index contributed by atoms with van der Waals surface area (Å²) < 4.78 is 18.1. The van der Waals surface area contributed by atoms with Gasteiger partial charge in [0, 0.05) is 12.0 Å². The highest BCUT2D eigenvalue weighted by Crippen LogP contribution is 2.21. The van der Waals surface area contributed by atoms with Crippen molar-refractivity contribution < 1.29 is 8.91 Å². The lowest BCUT2D eigenvalue weighted by molar-refractivity contribution is 0.421. The van der Waals surface area contributed by atoms with Gasteiger partial charge in [0.25, 0.3) is 5.89 Å². The van der Waals surface area contributed by atoms with Gasteiger partial charge in [0.05, 0.1) is 5.69 Å². The van der Waals surface area contributed by atoms with Crippen molar-refractivity contribution >= 4 is 5.69 Å². The lowest BCUT2D eigenvalue weighted by Crippen LogP contribution is -1.91. The van der Waals surface area contributed by atoms with Gasteiger partial charge < -0.3 is 10.3 Å². The van der Waals surface area contributed by atoms with Gasteiger partial charge >= 0.3 is 0 Å². The molecule has 5 heteroatoms. The summed E-state index contributed by atoms with van der Waals surface area (Å²) in [4.78, 5) is 4.23. The number of anilines is 1. The Labute approximate surface area is 98.6 Å². The topological polar surface area (TPSA) is 64.9 Å². The molecule has 2 rings (SSSR count). The average molecular weight is 235 g/mol. The number of benzene rings is 1. The molecule has 0 aliphatic heterocycles. The Morgan fingerprint density at radius 2 is 2.24 bits per heavy atom. The number of halogens is 1. The number of rotatable bonds is 4. The maximum absolute atomic E-state index is 13.0. The molecule has 0 bridgehead atoms. The first-order valence-electron chi connectivity index (χ1n) is 5.58. The van der Waals surface area contributed by atoms with Crippen LogP contribution in [-0.2, 0) is 6.42 Å². The Morgan fingerprint density at radius 3 is 2.94 bits per heavy atom. The first-order valence-corrected chi connectivity index (χ1v) is 5.58. The largest absolute Gasteiger partial charge is 0.396 e. The second-order valence-corrected chi connectivity index (χ2v) is 3.86. The van der Waals surface area contributed by atoms with Crippen molar-refractivity contribution in [1.29, 1.82) is 0 Å². The Kier molecular flexibility index (Phi) is 3.37. The third-order valence-corrected chi connectivity index (χ3v) is 2.46. The summed E-state index contributed by atoms with van der Waals surface area (Å²) in [5.74, 6) is 0.604. The number of aryl methyl sites for hydroxylation is 1. The van der Waals surface area contributed by atoms with E-state index in [1.807, 2.05) is 0 Å². The zero-order valence-corrected chi connectivity index (χ0v) is 9.61. The third-order valence-electron chi connectivity index (χ3n) is 2.46. The van der Waals surface area contributed by atoms with Crippen molar-refractivity contribution in [1.82, 2.24) is 10.1 Å². The average Bonchev–Trinajstić information content (AvgIpc) is 2.79. The smallest absolute Gasteiger partial charge is 0.257 e. The van der Waals surface area contributed by atoms with Crippen LogP contribution in [0.25, 0.3) is 11.5 Å². The normalized spacial score (nSPS) is 10.7. The van der Waals surface area contributed by atoms with Crippen LogP contribution in [0, 0.1) is 5.82 Å². The fourth-order valence-electron chi connectivity index (χ4n) is 1.48. The highest BCUT2D eigenvalue weighted by Gasteiger charge is 2.10. The summed E-state index contributed by atoms with van der Waals surface area (Å²) in [5, 5.41) is 3.86. The number of nitrogens with zero attached hydrogens (tertiary/aromatic N) is 2. The minimum atomic E-state index is -0.445. The monoisotopic (exact) mass is 235 g/mol. The molecule has 0 radical (unpaired) electrons. The Balaban J connectivity index is 2.21. The van der Waals surface area contributed by atoms with Gasteiger partial charge in [0.15, 0.2) is 5.82 Å². The van der Waals surface area contributed by atoms with Crippen LogP contribution >= 0.6 is 0 Å². The Bertz CT molecular complexity index is 510. The minimum absolute atomic E-state index is 0.0795. The summed E-state index contributed by atoms with van der Waals surface area (Å²) in [7, 11) is 0. The van der Waals surface area contributed by atoms with E-state index in [0.29, 0.717) is 17.3 Å². The number of nitrogen functional groups attached to an aromatic ring is 1. The second kappa shape index (κ2) is 4.95. The molecule has 2 N–H and O–H groups in total. The minimum Gasteiger partial charge on any atom is -0.396 e. The van der Waals surface area contributed by atoms with Crippen molar-refractivity contribution in [2.24, 2.45) is 0 Å². The molecule has 1 aromatic carbocycles. The zero-order chi connectivity index (χ0) is 12.3. The third kappa shape index (κ3) is 2.61. The van der Waals surface area contributed by atoms with E-state index in [-0.39, 0.29) is 5.69 Å². The number of hydrogen-bond acceptors (Lipinski definition) is 4. The molecule has 0 unspecified atom stereocenters. The second-order valence-electron chi connectivity index (χ2n) is 3.86. The lowest BCUT2D eigenvalue weighted by Gasteiger charge is -1.97. The van der Waals surface area contributed by atoms with E-state index >= 15 is 0 Å². The van der Waals surface area contributed by atoms with Gasteiger partial charge in [-0.2, -0.15) is 4.98 Å². The standard InChI is InChI=1S/C12H14FN3O/c1-2-3-4-11-15-12(17-16-11)8-5-6-9(13)10(14)7-8/h5-7H,2-4,14H2,1H3. The van der Waals surface area contributed by atoms with Gasteiger partial charge in [-0.25, -0.2) is 4.39 Å². The molecule has 2 aromatic rings. The van der Waals surface area contributed by atoms with Crippen LogP contribution < -0.4 is 5.73 Å². The van der Waals surface area contributed by atoms with Gasteiger partial charge in [-0.15, -0.1) is 0 Å². The van der Waals surface area contributed by atoms with Gasteiger partial charge in [-0.1, -0.05) is 18.5 Å². The SMILES string of the molecule is CCCCc1noc(-c2ccc(F)c(N)c2)n1. The van der Waals surface area contributed by atoms with Crippen LogP contribution in [0.1, 0.15) is 25.6 Å². The van der Waals surface area contributed by atoms with E-state index < -0.39 is 5.82 Å². The maximum atomic E-state index is 13.0. The first-order chi connectivity index (χ1) is 8.20. The van der Waals surface area contributed by atoms with Crippen LogP contribution in [0.2, 0.25) is 0 Å². The Hall–Kier alpha value is -1.91. The van der Waals surface area contributed by atoms with Crippen LogP contribution in [0.4, 0.5) is 10.1 Å². The van der Waals surface area contributed by atoms with Gasteiger partial charge in [0.2, 0.25) is 0 Å². The number of hydrogen-bond donors (Lipinski definition) is 1. The first kappa shape index (κ1) is 11.6. The summed E-state index contributed by atoms with van der Waals surface area (Å²) in [6.45, 7) is 2.10. The predicted molar refractivity (Wildman–Crippen MR) is 62.7 cm³/mol. The molecule has 0 fully saturated rings. The van der Waals surface area contributed by atoms with E-state index in [0.717, 1.165) is 19.3 Å². The summed E-state index contributed by atoms with van der Waals surface area (Å²) in [6.07, 6.45) is 2.88. The Morgan fingerprint density at radius 1 is 1.41 bits per heavy atom. The number of aromatic nitrogens is 2. The molecule has 90 valence electrons. The van der Waals surface area contributed by atoms with Crippen LogP contribution in [-0.4, -0.2) is 10.1 Å². The zero-order valence-electron chi connectivity index (χ0n) is 9.61. The lowest BCUT2D eigenvalue weighted by atomic mass is 10.2. The summed E-state index contributed by atoms with van der Waals surface area (Å²) in [5.41, 5.74) is 6.20. The van der Waals surface area contributed by atoms with Gasteiger partial charge in [0.1, 0.15) is 5.82 Å². The molecule has 0 saturated carbocycles. The van der Waals surface area contributed by atoms with E-state index in [1.165, 1.54) is 12.1 Å². The molecule has 1 aromatic heterocycles. The molecule has 0 spiro atoms. The summed E-state index contributed by atoms with van der Waals surface area (Å²) >= 11 is 0. The highest BCUT2D eigenvalue weighted by molar-refractivity contribution is 5.59.